The monoisotopic (exact) mass is 349 g/mol. The molecular weight excluding hydrogens is 329 g/mol. The first kappa shape index (κ1) is 17.6. The number of benzene rings is 2. The fourth-order valence-electron chi connectivity index (χ4n) is 2.54. The molecule has 0 saturated heterocycles. The third kappa shape index (κ3) is 4.66. The Balaban J connectivity index is 1.61. The molecule has 2 N–H and O–H groups in total. The highest BCUT2D eigenvalue weighted by atomic mass is 19.1. The normalized spacial score (nSPS) is 10.4. The van der Waals surface area contributed by atoms with Crippen LogP contribution < -0.4 is 10.6 Å². The second-order valence-corrected chi connectivity index (χ2v) is 6.23. The van der Waals surface area contributed by atoms with E-state index in [1.54, 1.807) is 24.4 Å². The van der Waals surface area contributed by atoms with Crippen LogP contribution in [0.4, 0.5) is 21.6 Å². The molecule has 4 nitrogen and oxygen atoms in total. The minimum absolute atomic E-state index is 0.173. The zero-order valence-corrected chi connectivity index (χ0v) is 14.7. The average molecular weight is 349 g/mol. The number of carbonyl (C=O) groups excluding carboxylic acids is 1. The lowest BCUT2D eigenvalue weighted by atomic mass is 10.1. The minimum atomic E-state index is -0.315. The van der Waals surface area contributed by atoms with Crippen molar-refractivity contribution in [3.63, 3.8) is 0 Å². The van der Waals surface area contributed by atoms with Crippen LogP contribution in [0.3, 0.4) is 0 Å². The number of anilines is 3. The highest BCUT2D eigenvalue weighted by Crippen LogP contribution is 2.21. The zero-order chi connectivity index (χ0) is 18.5. The lowest BCUT2D eigenvalue weighted by Crippen LogP contribution is -2.14. The number of nitrogens with one attached hydrogen (secondary N) is 2. The highest BCUT2D eigenvalue weighted by molar-refractivity contribution is 5.92. The first-order valence-corrected chi connectivity index (χ1v) is 8.34. The van der Waals surface area contributed by atoms with E-state index in [-0.39, 0.29) is 18.1 Å². The van der Waals surface area contributed by atoms with Gasteiger partial charge in [-0.2, -0.15) is 0 Å². The predicted molar refractivity (Wildman–Crippen MR) is 102 cm³/mol. The Hall–Kier alpha value is -3.21. The van der Waals surface area contributed by atoms with Gasteiger partial charge in [0.2, 0.25) is 5.91 Å². The molecule has 26 heavy (non-hydrogen) atoms. The fraction of sp³-hybridized carbons (Fsp3) is 0.143. The summed E-state index contributed by atoms with van der Waals surface area (Å²) in [5.74, 6) is 0.217. The maximum Gasteiger partial charge on any atom is 0.228 e. The Morgan fingerprint density at radius 1 is 1.04 bits per heavy atom. The molecule has 0 atom stereocenters. The number of aromatic nitrogens is 1. The molecule has 0 unspecified atom stereocenters. The van der Waals surface area contributed by atoms with Crippen LogP contribution in [0.25, 0.3) is 0 Å². The van der Waals surface area contributed by atoms with Crippen LogP contribution in [-0.4, -0.2) is 10.9 Å². The molecule has 0 aliphatic carbocycles. The van der Waals surface area contributed by atoms with Crippen LogP contribution in [0.1, 0.15) is 16.7 Å². The quantitative estimate of drug-likeness (QED) is 0.698. The summed E-state index contributed by atoms with van der Waals surface area (Å²) in [6, 6.07) is 15.7. The second-order valence-electron chi connectivity index (χ2n) is 6.23. The van der Waals surface area contributed by atoms with Crippen molar-refractivity contribution in [2.24, 2.45) is 0 Å². The molecule has 0 aliphatic heterocycles. The number of halogens is 1. The van der Waals surface area contributed by atoms with Gasteiger partial charge in [0.1, 0.15) is 11.6 Å². The Morgan fingerprint density at radius 3 is 2.50 bits per heavy atom. The van der Waals surface area contributed by atoms with Gasteiger partial charge in [0.15, 0.2) is 0 Å². The second kappa shape index (κ2) is 7.78. The Bertz CT molecular complexity index is 906. The minimum Gasteiger partial charge on any atom is -0.340 e. The van der Waals surface area contributed by atoms with Gasteiger partial charge in [-0.05, 0) is 60.9 Å². The number of carbonyl (C=O) groups is 1. The van der Waals surface area contributed by atoms with Gasteiger partial charge >= 0.3 is 0 Å². The van der Waals surface area contributed by atoms with Crippen molar-refractivity contribution < 1.29 is 9.18 Å². The lowest BCUT2D eigenvalue weighted by molar-refractivity contribution is -0.115. The first-order chi connectivity index (χ1) is 12.5. The average Bonchev–Trinajstić information content (AvgIpc) is 2.62. The molecule has 0 bridgehead atoms. The van der Waals surface area contributed by atoms with Crippen molar-refractivity contribution in [2.75, 3.05) is 10.6 Å². The summed E-state index contributed by atoms with van der Waals surface area (Å²) in [5, 5.41) is 6.07. The van der Waals surface area contributed by atoms with E-state index < -0.39 is 0 Å². The topological polar surface area (TPSA) is 54.0 Å². The summed E-state index contributed by atoms with van der Waals surface area (Å²) in [6.45, 7) is 4.07. The van der Waals surface area contributed by atoms with Crippen LogP contribution in [-0.2, 0) is 11.2 Å². The molecule has 1 aromatic heterocycles. The summed E-state index contributed by atoms with van der Waals surface area (Å²) in [5.41, 5.74) is 4.68. The molecule has 1 heterocycles. The van der Waals surface area contributed by atoms with E-state index in [1.807, 2.05) is 19.9 Å². The maximum atomic E-state index is 12.9. The number of hydrogen-bond donors (Lipinski definition) is 2. The van der Waals surface area contributed by atoms with Gasteiger partial charge in [-0.25, -0.2) is 9.37 Å². The lowest BCUT2D eigenvalue weighted by Gasteiger charge is -2.11. The number of aryl methyl sites for hydroxylation is 2. The summed E-state index contributed by atoms with van der Waals surface area (Å²) >= 11 is 0. The summed E-state index contributed by atoms with van der Waals surface area (Å²) in [6.07, 6.45) is 1.79. The molecule has 5 heteroatoms. The summed E-state index contributed by atoms with van der Waals surface area (Å²) in [4.78, 5) is 16.4. The van der Waals surface area contributed by atoms with Crippen LogP contribution in [0.5, 0.6) is 0 Å². The molecule has 3 rings (SSSR count). The Morgan fingerprint density at radius 2 is 1.81 bits per heavy atom. The standard InChI is InChI=1S/C21H20FN3O/c1-14-3-4-15(2)19(11-14)25-20-10-9-18(13-23-20)24-21(26)12-16-5-7-17(22)8-6-16/h3-11,13H,12H2,1-2H3,(H,23,25)(H,24,26). The Labute approximate surface area is 152 Å². The number of amides is 1. The van der Waals surface area contributed by atoms with Crippen LogP contribution in [0, 0.1) is 19.7 Å². The van der Waals surface area contributed by atoms with Crippen molar-refractivity contribution in [1.82, 2.24) is 4.98 Å². The van der Waals surface area contributed by atoms with Crippen LogP contribution in [0.15, 0.2) is 60.8 Å². The molecule has 1 amide bonds. The van der Waals surface area contributed by atoms with Gasteiger partial charge in [0, 0.05) is 5.69 Å². The van der Waals surface area contributed by atoms with E-state index in [1.165, 1.54) is 17.7 Å². The maximum absolute atomic E-state index is 12.9. The molecule has 0 saturated carbocycles. The number of rotatable bonds is 5. The SMILES string of the molecule is Cc1ccc(C)c(Nc2ccc(NC(=O)Cc3ccc(F)cc3)cn2)c1. The van der Waals surface area contributed by atoms with Gasteiger partial charge in [0.25, 0.3) is 0 Å². The molecule has 0 fully saturated rings. The van der Waals surface area contributed by atoms with E-state index in [4.69, 9.17) is 0 Å². The van der Waals surface area contributed by atoms with E-state index in [9.17, 15) is 9.18 Å². The van der Waals surface area contributed by atoms with E-state index in [2.05, 4.69) is 33.8 Å². The third-order valence-electron chi connectivity index (χ3n) is 3.98. The van der Waals surface area contributed by atoms with Crippen molar-refractivity contribution in [2.45, 2.75) is 20.3 Å². The fourth-order valence-corrected chi connectivity index (χ4v) is 2.54. The molecule has 0 aliphatic rings. The van der Waals surface area contributed by atoms with Crippen molar-refractivity contribution in [1.29, 1.82) is 0 Å². The van der Waals surface area contributed by atoms with Crippen LogP contribution >= 0.6 is 0 Å². The molecule has 0 spiro atoms. The van der Waals surface area contributed by atoms with Crippen molar-refractivity contribution in [3.8, 4) is 0 Å². The molecule has 0 radical (unpaired) electrons. The first-order valence-electron chi connectivity index (χ1n) is 8.34. The van der Waals surface area contributed by atoms with Gasteiger partial charge < -0.3 is 10.6 Å². The van der Waals surface area contributed by atoms with Crippen molar-refractivity contribution >= 4 is 23.1 Å². The number of pyridine rings is 1. The molecular formula is C21H20FN3O. The number of nitrogens with zero attached hydrogens (tertiary/aromatic N) is 1. The summed E-state index contributed by atoms with van der Waals surface area (Å²) < 4.78 is 12.9. The van der Waals surface area contributed by atoms with Crippen LogP contribution in [0.2, 0.25) is 0 Å². The zero-order valence-electron chi connectivity index (χ0n) is 14.7. The smallest absolute Gasteiger partial charge is 0.228 e. The largest absolute Gasteiger partial charge is 0.340 e. The molecule has 2 aromatic carbocycles. The highest BCUT2D eigenvalue weighted by Gasteiger charge is 2.06. The molecule has 132 valence electrons. The predicted octanol–water partition coefficient (Wildman–Crippen LogP) is 4.76. The van der Waals surface area contributed by atoms with Gasteiger partial charge in [0.05, 0.1) is 18.3 Å². The van der Waals surface area contributed by atoms with Gasteiger partial charge in [-0.3, -0.25) is 4.79 Å². The van der Waals surface area contributed by atoms with Crippen molar-refractivity contribution in [3.05, 3.63) is 83.3 Å². The van der Waals surface area contributed by atoms with E-state index in [0.717, 1.165) is 16.8 Å². The number of hydrogen-bond acceptors (Lipinski definition) is 3. The molecule has 3 aromatic rings. The van der Waals surface area contributed by atoms with Gasteiger partial charge in [-0.1, -0.05) is 24.3 Å². The Kier molecular flexibility index (Phi) is 5.27. The van der Waals surface area contributed by atoms with E-state index >= 15 is 0 Å². The van der Waals surface area contributed by atoms with Gasteiger partial charge in [-0.15, -0.1) is 0 Å². The summed E-state index contributed by atoms with van der Waals surface area (Å²) in [7, 11) is 0. The van der Waals surface area contributed by atoms with E-state index in [0.29, 0.717) is 11.5 Å². The third-order valence-corrected chi connectivity index (χ3v) is 3.98.